The molecule has 0 spiro atoms. The van der Waals surface area contributed by atoms with Gasteiger partial charge in [-0.2, -0.15) is 0 Å². The van der Waals surface area contributed by atoms with Gasteiger partial charge in [0.25, 0.3) is 5.91 Å². The summed E-state index contributed by atoms with van der Waals surface area (Å²) in [5, 5.41) is 9.20. The Kier molecular flexibility index (Phi) is 9.70. The summed E-state index contributed by atoms with van der Waals surface area (Å²) in [4.78, 5) is 14.7. The quantitative estimate of drug-likeness (QED) is 0.584. The maximum atomic E-state index is 12.9. The van der Waals surface area contributed by atoms with Gasteiger partial charge in [-0.1, -0.05) is 63.6 Å². The third-order valence-corrected chi connectivity index (χ3v) is 4.73. The maximum absolute atomic E-state index is 12.9. The second-order valence-corrected chi connectivity index (χ2v) is 7.00. The fourth-order valence-corrected chi connectivity index (χ4v) is 3.07. The molecule has 1 atom stereocenters. The van der Waals surface area contributed by atoms with Crippen LogP contribution in [0.1, 0.15) is 86.2 Å². The lowest BCUT2D eigenvalue weighted by Gasteiger charge is -2.22. The third kappa shape index (κ3) is 6.64. The molecule has 0 saturated carbocycles. The Balaban J connectivity index is 2.66. The van der Waals surface area contributed by atoms with Gasteiger partial charge in [-0.15, -0.1) is 0 Å². The highest BCUT2D eigenvalue weighted by atomic mass is 16.3. The Hall–Kier alpha value is -1.35. The number of aryl methyl sites for hydroxylation is 1. The molecule has 0 fully saturated rings. The third-order valence-electron chi connectivity index (χ3n) is 4.73. The van der Waals surface area contributed by atoms with Crippen LogP contribution in [0.5, 0.6) is 0 Å². The van der Waals surface area contributed by atoms with Crippen molar-refractivity contribution in [2.75, 3.05) is 20.2 Å². The molecule has 1 amide bonds. The van der Waals surface area contributed by atoms with Crippen molar-refractivity contribution in [1.82, 2.24) is 4.90 Å². The van der Waals surface area contributed by atoms with Crippen LogP contribution in [0.25, 0.3) is 0 Å². The minimum Gasteiger partial charge on any atom is -0.396 e. The molecular weight excluding hydrogens is 298 g/mol. The molecule has 3 heteroatoms. The van der Waals surface area contributed by atoms with E-state index in [-0.39, 0.29) is 18.4 Å². The van der Waals surface area contributed by atoms with Crippen LogP contribution in [0.4, 0.5) is 0 Å². The monoisotopic (exact) mass is 333 g/mol. The molecule has 1 rings (SSSR count). The largest absolute Gasteiger partial charge is 0.396 e. The normalized spacial score (nSPS) is 12.2. The van der Waals surface area contributed by atoms with Gasteiger partial charge in [0.15, 0.2) is 0 Å². The van der Waals surface area contributed by atoms with Crippen LogP contribution in [-0.2, 0) is 0 Å². The smallest absolute Gasteiger partial charge is 0.253 e. The van der Waals surface area contributed by atoms with E-state index in [1.165, 1.54) is 32.1 Å². The Morgan fingerprint density at radius 2 is 1.83 bits per heavy atom. The lowest BCUT2D eigenvalue weighted by Crippen LogP contribution is -2.29. The number of benzene rings is 1. The van der Waals surface area contributed by atoms with Gasteiger partial charge in [0.2, 0.25) is 0 Å². The molecule has 3 nitrogen and oxygen atoms in total. The molecule has 1 aromatic rings. The highest BCUT2D eigenvalue weighted by Crippen LogP contribution is 2.25. The Morgan fingerprint density at radius 1 is 1.17 bits per heavy atom. The van der Waals surface area contributed by atoms with Crippen LogP contribution in [0.3, 0.4) is 0 Å². The van der Waals surface area contributed by atoms with E-state index >= 15 is 0 Å². The first-order chi connectivity index (χ1) is 11.5. The van der Waals surface area contributed by atoms with Gasteiger partial charge in [0, 0.05) is 25.8 Å². The average molecular weight is 334 g/mol. The van der Waals surface area contributed by atoms with E-state index in [2.05, 4.69) is 13.8 Å². The number of rotatable bonds is 11. The van der Waals surface area contributed by atoms with Gasteiger partial charge in [-0.25, -0.2) is 0 Å². The summed E-state index contributed by atoms with van der Waals surface area (Å²) in [7, 11) is 1.90. The van der Waals surface area contributed by atoms with Crippen LogP contribution in [0.2, 0.25) is 0 Å². The summed E-state index contributed by atoms with van der Waals surface area (Å²) in [6.07, 6.45) is 8.08. The summed E-state index contributed by atoms with van der Waals surface area (Å²) in [5.74, 6) is 0.295. The molecular formula is C21H35NO2. The SMILES string of the molecule is CCCCCCCCN(C)C(=O)c1cc(C)ccc1[C@@H](C)CCO. The molecule has 0 aliphatic heterocycles. The zero-order valence-electron chi connectivity index (χ0n) is 16.0. The Labute approximate surface area is 148 Å². The summed E-state index contributed by atoms with van der Waals surface area (Å²) < 4.78 is 0. The standard InChI is InChI=1S/C21H35NO2/c1-5-6-7-8-9-10-14-22(4)21(24)20-16-17(2)11-12-19(20)18(3)13-15-23/h11-12,16,18,23H,5-10,13-15H2,1-4H3/t18-/m0/s1. The predicted molar refractivity (Wildman–Crippen MR) is 102 cm³/mol. The number of aliphatic hydroxyl groups excluding tert-OH is 1. The maximum Gasteiger partial charge on any atom is 0.253 e. The summed E-state index contributed by atoms with van der Waals surface area (Å²) in [5.41, 5.74) is 2.95. The van der Waals surface area contributed by atoms with Crippen molar-refractivity contribution in [2.45, 2.75) is 71.6 Å². The number of unbranched alkanes of at least 4 members (excludes halogenated alkanes) is 5. The van der Waals surface area contributed by atoms with E-state index in [0.717, 1.165) is 29.7 Å². The number of hydrogen-bond donors (Lipinski definition) is 1. The van der Waals surface area contributed by atoms with E-state index < -0.39 is 0 Å². The van der Waals surface area contributed by atoms with E-state index in [0.29, 0.717) is 6.42 Å². The molecule has 1 N–H and O–H groups in total. The minimum absolute atomic E-state index is 0.104. The lowest BCUT2D eigenvalue weighted by atomic mass is 9.91. The van der Waals surface area contributed by atoms with Crippen LogP contribution >= 0.6 is 0 Å². The molecule has 0 radical (unpaired) electrons. The van der Waals surface area contributed by atoms with Gasteiger partial charge in [-0.3, -0.25) is 4.79 Å². The molecule has 0 heterocycles. The number of carbonyl (C=O) groups is 1. The summed E-state index contributed by atoms with van der Waals surface area (Å²) in [6, 6.07) is 6.08. The molecule has 0 aliphatic carbocycles. The van der Waals surface area contributed by atoms with Crippen molar-refractivity contribution in [3.8, 4) is 0 Å². The molecule has 0 unspecified atom stereocenters. The topological polar surface area (TPSA) is 40.5 Å². The number of amides is 1. The molecule has 136 valence electrons. The van der Waals surface area contributed by atoms with Crippen LogP contribution < -0.4 is 0 Å². The molecule has 24 heavy (non-hydrogen) atoms. The van der Waals surface area contributed by atoms with Crippen molar-refractivity contribution < 1.29 is 9.90 Å². The first-order valence-corrected chi connectivity index (χ1v) is 9.48. The van der Waals surface area contributed by atoms with Crippen LogP contribution in [-0.4, -0.2) is 36.1 Å². The highest BCUT2D eigenvalue weighted by Gasteiger charge is 2.19. The van der Waals surface area contributed by atoms with Crippen molar-refractivity contribution in [1.29, 1.82) is 0 Å². The lowest BCUT2D eigenvalue weighted by molar-refractivity contribution is 0.0790. The fourth-order valence-electron chi connectivity index (χ4n) is 3.07. The van der Waals surface area contributed by atoms with E-state index in [1.807, 2.05) is 37.1 Å². The fraction of sp³-hybridized carbons (Fsp3) is 0.667. The molecule has 0 bridgehead atoms. The molecule has 0 aliphatic rings. The molecule has 0 aromatic heterocycles. The van der Waals surface area contributed by atoms with Crippen molar-refractivity contribution in [3.05, 3.63) is 34.9 Å². The van der Waals surface area contributed by atoms with Crippen LogP contribution in [0.15, 0.2) is 18.2 Å². The van der Waals surface area contributed by atoms with E-state index in [4.69, 9.17) is 0 Å². The zero-order chi connectivity index (χ0) is 17.9. The number of carbonyl (C=O) groups excluding carboxylic acids is 1. The Morgan fingerprint density at radius 3 is 2.50 bits per heavy atom. The van der Waals surface area contributed by atoms with Gasteiger partial charge in [-0.05, 0) is 37.3 Å². The van der Waals surface area contributed by atoms with Gasteiger partial charge >= 0.3 is 0 Å². The molecule has 0 saturated heterocycles. The van der Waals surface area contributed by atoms with Gasteiger partial charge in [0.1, 0.15) is 0 Å². The zero-order valence-corrected chi connectivity index (χ0v) is 16.0. The second kappa shape index (κ2) is 11.2. The average Bonchev–Trinajstić information content (AvgIpc) is 2.57. The summed E-state index contributed by atoms with van der Waals surface area (Å²) >= 11 is 0. The second-order valence-electron chi connectivity index (χ2n) is 7.00. The Bertz CT molecular complexity index is 499. The minimum atomic E-state index is 0.104. The first kappa shape index (κ1) is 20.7. The van der Waals surface area contributed by atoms with Crippen molar-refractivity contribution in [2.24, 2.45) is 0 Å². The van der Waals surface area contributed by atoms with Gasteiger partial charge < -0.3 is 10.0 Å². The van der Waals surface area contributed by atoms with Gasteiger partial charge in [0.05, 0.1) is 0 Å². The van der Waals surface area contributed by atoms with Crippen molar-refractivity contribution in [3.63, 3.8) is 0 Å². The van der Waals surface area contributed by atoms with Crippen molar-refractivity contribution >= 4 is 5.91 Å². The number of hydrogen-bond acceptors (Lipinski definition) is 2. The number of aliphatic hydroxyl groups is 1. The molecule has 1 aromatic carbocycles. The van der Waals surface area contributed by atoms with Crippen LogP contribution in [0, 0.1) is 6.92 Å². The van der Waals surface area contributed by atoms with E-state index in [9.17, 15) is 9.90 Å². The predicted octanol–water partition coefficient (Wildman–Crippen LogP) is 4.91. The summed E-state index contributed by atoms with van der Waals surface area (Å²) in [6.45, 7) is 7.28. The highest BCUT2D eigenvalue weighted by molar-refractivity contribution is 5.96. The number of nitrogens with zero attached hydrogens (tertiary/aromatic N) is 1. The van der Waals surface area contributed by atoms with E-state index in [1.54, 1.807) is 0 Å². The first-order valence-electron chi connectivity index (χ1n) is 9.48.